The van der Waals surface area contributed by atoms with Gasteiger partial charge < -0.3 is 14.6 Å². The maximum atomic E-state index is 13.5. The summed E-state index contributed by atoms with van der Waals surface area (Å²) >= 11 is 0. The molecule has 4 rings (SSSR count). The van der Waals surface area contributed by atoms with Crippen molar-refractivity contribution in [3.63, 3.8) is 0 Å². The minimum absolute atomic E-state index is 0.172. The summed E-state index contributed by atoms with van der Waals surface area (Å²) in [6, 6.07) is 17.0. The van der Waals surface area contributed by atoms with E-state index in [2.05, 4.69) is 0 Å². The second-order valence-electron chi connectivity index (χ2n) is 7.42. The first-order valence-electron chi connectivity index (χ1n) is 10.2. The van der Waals surface area contributed by atoms with Crippen molar-refractivity contribution in [1.29, 1.82) is 5.26 Å². The van der Waals surface area contributed by atoms with Crippen LogP contribution in [0.15, 0.2) is 72.3 Å². The van der Waals surface area contributed by atoms with Gasteiger partial charge in [-0.1, -0.05) is 12.1 Å². The second-order valence-corrected chi connectivity index (χ2v) is 7.42. The number of rotatable bonds is 5. The predicted octanol–water partition coefficient (Wildman–Crippen LogP) is 4.34. The highest BCUT2D eigenvalue weighted by molar-refractivity contribution is 6.51. The number of ether oxygens (including phenoxy) is 2. The Morgan fingerprint density at radius 3 is 2.26 bits per heavy atom. The number of methoxy groups -OCH3 is 2. The first kappa shape index (κ1) is 22.6. The summed E-state index contributed by atoms with van der Waals surface area (Å²) in [6.07, 6.45) is 0. The number of nitrogens with zero attached hydrogens (tertiary/aromatic N) is 2. The van der Waals surface area contributed by atoms with Crippen LogP contribution in [0.1, 0.15) is 22.7 Å². The van der Waals surface area contributed by atoms with Crippen molar-refractivity contribution in [3.05, 3.63) is 94.8 Å². The molecule has 7 nitrogen and oxygen atoms in total. The minimum atomic E-state index is -1.08. The number of hydrogen-bond donors (Lipinski definition) is 1. The van der Waals surface area contributed by atoms with Gasteiger partial charge in [-0.25, -0.2) is 4.39 Å². The Morgan fingerprint density at radius 2 is 1.68 bits per heavy atom. The Morgan fingerprint density at radius 1 is 1.00 bits per heavy atom. The number of benzene rings is 3. The Balaban J connectivity index is 2.00. The molecule has 1 unspecified atom stereocenters. The van der Waals surface area contributed by atoms with E-state index in [0.29, 0.717) is 22.6 Å². The van der Waals surface area contributed by atoms with E-state index in [0.717, 1.165) is 12.1 Å². The summed E-state index contributed by atoms with van der Waals surface area (Å²) in [4.78, 5) is 27.7. The molecular weight excluding hydrogens is 439 g/mol. The van der Waals surface area contributed by atoms with Gasteiger partial charge in [0.2, 0.25) is 0 Å². The summed E-state index contributed by atoms with van der Waals surface area (Å²) in [5.74, 6) is -2.11. The molecule has 1 aliphatic heterocycles. The summed E-state index contributed by atoms with van der Waals surface area (Å²) in [5.41, 5.74) is 1.10. The molecule has 8 heteroatoms. The molecule has 0 radical (unpaired) electrons. The van der Waals surface area contributed by atoms with Gasteiger partial charge in [-0.2, -0.15) is 5.26 Å². The lowest BCUT2D eigenvalue weighted by atomic mass is 9.94. The van der Waals surface area contributed by atoms with Gasteiger partial charge in [-0.15, -0.1) is 0 Å². The highest BCUT2D eigenvalue weighted by atomic mass is 19.1. The number of anilines is 1. The number of nitriles is 1. The Hall–Kier alpha value is -4.64. The molecule has 3 aromatic carbocycles. The summed E-state index contributed by atoms with van der Waals surface area (Å²) in [6.45, 7) is 0. The molecule has 0 bridgehead atoms. The maximum absolute atomic E-state index is 13.5. The number of Topliss-reactive ketones (excluding diaryl/α,β-unsaturated/α-hetero) is 1. The molecule has 0 aliphatic carbocycles. The molecular formula is C26H19FN2O5. The van der Waals surface area contributed by atoms with E-state index in [1.165, 1.54) is 43.4 Å². The number of amides is 1. The van der Waals surface area contributed by atoms with Gasteiger partial charge in [-0.3, -0.25) is 14.5 Å². The van der Waals surface area contributed by atoms with Crippen LogP contribution in [-0.4, -0.2) is 31.0 Å². The fraction of sp³-hybridized carbons (Fsp3) is 0.115. The molecule has 1 N–H and O–H groups in total. The van der Waals surface area contributed by atoms with Gasteiger partial charge in [0.1, 0.15) is 11.6 Å². The van der Waals surface area contributed by atoms with Crippen molar-refractivity contribution in [2.45, 2.75) is 6.04 Å². The van der Waals surface area contributed by atoms with Crippen LogP contribution in [0.4, 0.5) is 10.1 Å². The van der Waals surface area contributed by atoms with Crippen LogP contribution in [0.3, 0.4) is 0 Å². The van der Waals surface area contributed by atoms with E-state index in [1.807, 2.05) is 6.07 Å². The van der Waals surface area contributed by atoms with Gasteiger partial charge >= 0.3 is 0 Å². The van der Waals surface area contributed by atoms with Crippen LogP contribution in [0.5, 0.6) is 11.5 Å². The van der Waals surface area contributed by atoms with Crippen LogP contribution in [-0.2, 0) is 9.59 Å². The average Bonchev–Trinajstić information content (AvgIpc) is 3.13. The number of carbonyl (C=O) groups excluding carboxylic acids is 2. The van der Waals surface area contributed by atoms with E-state index in [9.17, 15) is 19.1 Å². The lowest BCUT2D eigenvalue weighted by Crippen LogP contribution is -2.29. The quantitative estimate of drug-likeness (QED) is 0.347. The number of halogens is 1. The predicted molar refractivity (Wildman–Crippen MR) is 122 cm³/mol. The SMILES string of the molecule is COc1cccc(C2/C(=C(/O)c3ccc(F)cc3)C(=O)C(=O)N2c2ccc(C#N)cc2)c1OC. The number of carbonyl (C=O) groups is 2. The van der Waals surface area contributed by atoms with Crippen LogP contribution in [0.2, 0.25) is 0 Å². The van der Waals surface area contributed by atoms with E-state index in [4.69, 9.17) is 14.7 Å². The number of hydrogen-bond acceptors (Lipinski definition) is 6. The Kier molecular flexibility index (Phi) is 6.02. The molecule has 0 saturated carbocycles. The van der Waals surface area contributed by atoms with Crippen molar-refractivity contribution in [2.24, 2.45) is 0 Å². The maximum Gasteiger partial charge on any atom is 0.300 e. The third-order valence-electron chi connectivity index (χ3n) is 5.56. The van der Waals surface area contributed by atoms with Crippen molar-refractivity contribution >= 4 is 23.1 Å². The first-order chi connectivity index (χ1) is 16.4. The molecule has 1 atom stereocenters. The molecule has 170 valence electrons. The van der Waals surface area contributed by atoms with E-state index in [-0.39, 0.29) is 16.9 Å². The molecule has 1 heterocycles. The fourth-order valence-corrected chi connectivity index (χ4v) is 3.98. The van der Waals surface area contributed by atoms with E-state index < -0.39 is 29.3 Å². The molecule has 1 saturated heterocycles. The standard InChI is InChI=1S/C26H19FN2O5/c1-33-20-5-3-4-19(25(20)34-2)22-21(23(30)16-8-10-17(27)11-9-16)24(31)26(32)29(22)18-12-6-15(14-28)7-13-18/h3-13,22,30H,1-2H3/b23-21-. The molecule has 0 spiro atoms. The first-order valence-corrected chi connectivity index (χ1v) is 10.2. The average molecular weight is 458 g/mol. The van der Waals surface area contributed by atoms with Crippen molar-refractivity contribution in [3.8, 4) is 17.6 Å². The van der Waals surface area contributed by atoms with E-state index >= 15 is 0 Å². The van der Waals surface area contributed by atoms with Crippen LogP contribution < -0.4 is 14.4 Å². The van der Waals surface area contributed by atoms with Gasteiger partial charge in [0, 0.05) is 16.8 Å². The Bertz CT molecular complexity index is 1340. The third kappa shape index (κ3) is 3.73. The minimum Gasteiger partial charge on any atom is -0.507 e. The van der Waals surface area contributed by atoms with E-state index in [1.54, 1.807) is 30.3 Å². The lowest BCUT2D eigenvalue weighted by molar-refractivity contribution is -0.132. The zero-order valence-corrected chi connectivity index (χ0v) is 18.3. The van der Waals surface area contributed by atoms with Gasteiger partial charge in [0.05, 0.1) is 37.5 Å². The zero-order valence-electron chi connectivity index (χ0n) is 18.3. The Labute approximate surface area is 194 Å². The van der Waals surface area contributed by atoms with Crippen molar-refractivity contribution in [1.82, 2.24) is 0 Å². The van der Waals surface area contributed by atoms with Gasteiger partial charge in [0.25, 0.3) is 11.7 Å². The largest absolute Gasteiger partial charge is 0.507 e. The second kappa shape index (κ2) is 9.08. The number of aliphatic hydroxyl groups excluding tert-OH is 1. The van der Waals surface area contributed by atoms with Gasteiger partial charge in [-0.05, 0) is 54.6 Å². The van der Waals surface area contributed by atoms with Crippen molar-refractivity contribution < 1.29 is 28.6 Å². The topological polar surface area (TPSA) is 99.9 Å². The summed E-state index contributed by atoms with van der Waals surface area (Å²) < 4.78 is 24.4. The number of ketones is 1. The zero-order chi connectivity index (χ0) is 24.4. The van der Waals surface area contributed by atoms with Crippen LogP contribution in [0, 0.1) is 17.1 Å². The lowest BCUT2D eigenvalue weighted by Gasteiger charge is -2.27. The fourth-order valence-electron chi connectivity index (χ4n) is 3.98. The normalized spacial score (nSPS) is 16.9. The molecule has 3 aromatic rings. The smallest absolute Gasteiger partial charge is 0.300 e. The van der Waals surface area contributed by atoms with Crippen LogP contribution in [0.25, 0.3) is 5.76 Å². The monoisotopic (exact) mass is 458 g/mol. The molecule has 1 aliphatic rings. The van der Waals surface area contributed by atoms with Crippen LogP contribution >= 0.6 is 0 Å². The summed E-state index contributed by atoms with van der Waals surface area (Å²) in [5, 5.41) is 20.2. The van der Waals surface area contributed by atoms with Crippen molar-refractivity contribution in [2.75, 3.05) is 19.1 Å². The molecule has 0 aromatic heterocycles. The van der Waals surface area contributed by atoms with Gasteiger partial charge in [0.15, 0.2) is 11.5 Å². The third-order valence-corrected chi connectivity index (χ3v) is 5.56. The number of aliphatic hydroxyl groups is 1. The molecule has 34 heavy (non-hydrogen) atoms. The highest BCUT2D eigenvalue weighted by Gasteiger charge is 2.48. The number of para-hydroxylation sites is 1. The molecule has 1 amide bonds. The molecule has 1 fully saturated rings. The summed E-state index contributed by atoms with van der Waals surface area (Å²) in [7, 11) is 2.88. The highest BCUT2D eigenvalue weighted by Crippen LogP contribution is 2.47.